The number of rotatable bonds is 4. The number of piperidine rings is 1. The van der Waals surface area contributed by atoms with Crippen LogP contribution in [0.1, 0.15) is 88.1 Å². The highest BCUT2D eigenvalue weighted by Crippen LogP contribution is 2.53. The van der Waals surface area contributed by atoms with E-state index in [1.165, 1.54) is 0 Å². The number of benzene rings is 1. The van der Waals surface area contributed by atoms with Crippen molar-refractivity contribution in [2.45, 2.75) is 95.9 Å². The summed E-state index contributed by atoms with van der Waals surface area (Å²) in [5, 5.41) is 5.48. The first kappa shape index (κ1) is 28.5. The lowest BCUT2D eigenvalue weighted by atomic mass is 9.56. The van der Waals surface area contributed by atoms with Gasteiger partial charge in [0.15, 0.2) is 0 Å². The Balaban J connectivity index is 1.04. The van der Waals surface area contributed by atoms with Crippen molar-refractivity contribution in [1.29, 1.82) is 0 Å². The van der Waals surface area contributed by atoms with Gasteiger partial charge in [0.1, 0.15) is 11.6 Å². The quantitative estimate of drug-likeness (QED) is 0.525. The lowest BCUT2D eigenvalue weighted by Gasteiger charge is -2.54. The molecular weight excluding hydrogens is 538 g/mol. The average Bonchev–Trinajstić information content (AvgIpc) is 3.27. The highest BCUT2D eigenvalue weighted by molar-refractivity contribution is 6.05. The molecule has 11 heteroatoms. The maximum atomic E-state index is 13.8. The van der Waals surface area contributed by atoms with E-state index in [1.54, 1.807) is 4.90 Å². The van der Waals surface area contributed by atoms with Gasteiger partial charge in [-0.1, -0.05) is 0 Å². The second-order valence-electron chi connectivity index (χ2n) is 13.7. The Morgan fingerprint density at radius 2 is 1.64 bits per heavy atom. The monoisotopic (exact) mass is 579 g/mol. The van der Waals surface area contributed by atoms with Gasteiger partial charge < -0.3 is 24.8 Å². The van der Waals surface area contributed by atoms with Crippen LogP contribution in [0.2, 0.25) is 0 Å². The van der Waals surface area contributed by atoms with E-state index in [0.29, 0.717) is 44.7 Å². The summed E-state index contributed by atoms with van der Waals surface area (Å²) >= 11 is 0. The van der Waals surface area contributed by atoms with Crippen molar-refractivity contribution in [3.8, 4) is 0 Å². The zero-order chi connectivity index (χ0) is 29.9. The fourth-order valence-corrected chi connectivity index (χ4v) is 7.47. The zero-order valence-electron chi connectivity index (χ0n) is 24.8. The van der Waals surface area contributed by atoms with E-state index in [0.717, 1.165) is 49.8 Å². The first-order valence-corrected chi connectivity index (χ1v) is 15.2. The zero-order valence-corrected chi connectivity index (χ0v) is 24.8. The Hall–Kier alpha value is -3.63. The molecule has 6 aliphatic rings. The fourth-order valence-electron chi connectivity index (χ4n) is 7.47. The molecule has 1 atom stereocenters. The van der Waals surface area contributed by atoms with Crippen LogP contribution in [-0.4, -0.2) is 82.9 Å². The number of alkyl carbamates (subject to hydrolysis) is 1. The number of piperazine rings is 1. The van der Waals surface area contributed by atoms with Gasteiger partial charge in [0.2, 0.25) is 17.7 Å². The molecule has 1 unspecified atom stereocenters. The summed E-state index contributed by atoms with van der Waals surface area (Å²) in [6.45, 7) is 8.61. The number of carbonyl (C=O) groups excluding carboxylic acids is 5. The largest absolute Gasteiger partial charge is 0.444 e. The summed E-state index contributed by atoms with van der Waals surface area (Å²) in [6, 6.07) is 5.17. The summed E-state index contributed by atoms with van der Waals surface area (Å²) in [7, 11) is 0. The van der Waals surface area contributed by atoms with Crippen LogP contribution >= 0.6 is 0 Å². The van der Waals surface area contributed by atoms with E-state index in [4.69, 9.17) is 4.74 Å². The predicted molar refractivity (Wildman–Crippen MR) is 154 cm³/mol. The average molecular weight is 580 g/mol. The molecule has 1 aromatic carbocycles. The molecule has 226 valence electrons. The molecule has 0 aromatic heterocycles. The molecule has 3 aliphatic carbocycles. The lowest BCUT2D eigenvalue weighted by Crippen LogP contribution is -2.61. The number of ether oxygens (including phenoxy) is 1. The molecule has 2 saturated heterocycles. The van der Waals surface area contributed by atoms with Gasteiger partial charge in [-0.3, -0.25) is 24.5 Å². The summed E-state index contributed by atoms with van der Waals surface area (Å²) in [4.78, 5) is 69.0. The number of nitrogens with zero attached hydrogens (tertiary/aromatic N) is 3. The Bertz CT molecular complexity index is 1300. The molecule has 0 radical (unpaired) electrons. The summed E-state index contributed by atoms with van der Waals surface area (Å²) in [5.41, 5.74) is 1.33. The van der Waals surface area contributed by atoms with E-state index in [-0.39, 0.29) is 41.2 Å². The Morgan fingerprint density at radius 1 is 0.976 bits per heavy atom. The summed E-state index contributed by atoms with van der Waals surface area (Å²) in [6.07, 6.45) is 4.93. The molecule has 7 rings (SSSR count). The van der Waals surface area contributed by atoms with Crippen LogP contribution in [-0.2, 0) is 25.7 Å². The molecule has 2 bridgehead atoms. The van der Waals surface area contributed by atoms with E-state index >= 15 is 0 Å². The smallest absolute Gasteiger partial charge is 0.408 e. The highest BCUT2D eigenvalue weighted by Gasteiger charge is 2.54. The van der Waals surface area contributed by atoms with Crippen LogP contribution in [0, 0.1) is 5.41 Å². The minimum absolute atomic E-state index is 0.175. The van der Waals surface area contributed by atoms with E-state index < -0.39 is 17.6 Å². The molecule has 5 amide bonds. The third kappa shape index (κ3) is 5.22. The molecule has 5 fully saturated rings. The standard InChI is InChI=1S/C31H41N5O6/c1-29(2,3)42-28(41)33-31-11-8-30(9-12-31,10-13-31)27(40)35-16-14-34(15-17-35)21-4-5-22-20(18-21)19-36(26(22)39)23-6-7-24(37)32-25(23)38/h4-5,18,23H,6-17,19H2,1-3H3,(H,33,41)(H,32,37,38). The van der Waals surface area contributed by atoms with Gasteiger partial charge in [-0.15, -0.1) is 0 Å². The second-order valence-corrected chi connectivity index (χ2v) is 13.7. The van der Waals surface area contributed by atoms with Crippen molar-refractivity contribution in [2.24, 2.45) is 5.41 Å². The van der Waals surface area contributed by atoms with Gasteiger partial charge in [-0.25, -0.2) is 4.79 Å². The van der Waals surface area contributed by atoms with Crippen LogP contribution in [0.15, 0.2) is 18.2 Å². The van der Waals surface area contributed by atoms with Crippen LogP contribution < -0.4 is 15.5 Å². The Kier molecular flexibility index (Phi) is 6.97. The predicted octanol–water partition coefficient (Wildman–Crippen LogP) is 2.71. The summed E-state index contributed by atoms with van der Waals surface area (Å²) < 4.78 is 5.49. The number of nitrogens with one attached hydrogen (secondary N) is 2. The molecule has 3 heterocycles. The van der Waals surface area contributed by atoms with Gasteiger partial charge in [-0.2, -0.15) is 0 Å². The molecule has 3 saturated carbocycles. The van der Waals surface area contributed by atoms with Crippen molar-refractivity contribution in [1.82, 2.24) is 20.4 Å². The van der Waals surface area contributed by atoms with Crippen LogP contribution in [0.4, 0.5) is 10.5 Å². The molecule has 1 aromatic rings. The highest BCUT2D eigenvalue weighted by atomic mass is 16.6. The topological polar surface area (TPSA) is 128 Å². The number of hydrogen-bond acceptors (Lipinski definition) is 7. The lowest BCUT2D eigenvalue weighted by molar-refractivity contribution is -0.150. The van der Waals surface area contributed by atoms with Gasteiger partial charge in [0.05, 0.1) is 0 Å². The Labute approximate surface area is 246 Å². The SMILES string of the molecule is CC(C)(C)OC(=O)NC12CCC(C(=O)N3CCN(c4ccc5c(c4)CN(C4CCC(=O)NC4=O)C5=O)CC3)(CC1)CC2. The number of anilines is 1. The maximum Gasteiger partial charge on any atom is 0.408 e. The van der Waals surface area contributed by atoms with Crippen LogP contribution in [0.5, 0.6) is 0 Å². The number of hydrogen-bond donors (Lipinski definition) is 2. The molecular formula is C31H41N5O6. The normalized spacial score (nSPS) is 29.4. The second kappa shape index (κ2) is 10.3. The van der Waals surface area contributed by atoms with Crippen LogP contribution in [0.3, 0.4) is 0 Å². The van der Waals surface area contributed by atoms with Gasteiger partial charge in [-0.05, 0) is 89.5 Å². The first-order valence-electron chi connectivity index (χ1n) is 15.2. The number of amides is 5. The fraction of sp³-hybridized carbons (Fsp3) is 0.645. The van der Waals surface area contributed by atoms with E-state index in [9.17, 15) is 24.0 Å². The minimum atomic E-state index is -0.627. The van der Waals surface area contributed by atoms with E-state index in [2.05, 4.69) is 15.5 Å². The Morgan fingerprint density at radius 3 is 2.26 bits per heavy atom. The van der Waals surface area contributed by atoms with Crippen molar-refractivity contribution in [3.63, 3.8) is 0 Å². The van der Waals surface area contributed by atoms with Gasteiger partial charge in [0.25, 0.3) is 5.91 Å². The third-order valence-electron chi connectivity index (χ3n) is 9.91. The number of fused-ring (bicyclic) bond motifs is 4. The molecule has 11 nitrogen and oxygen atoms in total. The van der Waals surface area contributed by atoms with Crippen molar-refractivity contribution in [2.75, 3.05) is 31.1 Å². The number of carbonyl (C=O) groups is 5. The van der Waals surface area contributed by atoms with Crippen molar-refractivity contribution >= 4 is 35.4 Å². The van der Waals surface area contributed by atoms with Gasteiger partial charge in [0, 0.05) is 61.3 Å². The third-order valence-corrected chi connectivity index (χ3v) is 9.91. The van der Waals surface area contributed by atoms with Crippen molar-refractivity contribution in [3.05, 3.63) is 29.3 Å². The molecule has 0 spiro atoms. The summed E-state index contributed by atoms with van der Waals surface area (Å²) in [5.74, 6) is -0.637. The first-order chi connectivity index (χ1) is 19.9. The number of imide groups is 1. The van der Waals surface area contributed by atoms with Crippen LogP contribution in [0.25, 0.3) is 0 Å². The van der Waals surface area contributed by atoms with Crippen molar-refractivity contribution < 1.29 is 28.7 Å². The maximum absolute atomic E-state index is 13.8. The minimum Gasteiger partial charge on any atom is -0.444 e. The molecule has 42 heavy (non-hydrogen) atoms. The van der Waals surface area contributed by atoms with Gasteiger partial charge >= 0.3 is 6.09 Å². The van der Waals surface area contributed by atoms with E-state index in [1.807, 2.05) is 43.9 Å². The molecule has 2 N–H and O–H groups in total. The molecule has 3 aliphatic heterocycles.